The molecule has 2 rings (SSSR count). The molecule has 18 heavy (non-hydrogen) atoms. The zero-order valence-corrected chi connectivity index (χ0v) is 11.8. The highest BCUT2D eigenvalue weighted by Gasteiger charge is 2.18. The van der Waals surface area contributed by atoms with Crippen molar-refractivity contribution >= 4 is 29.5 Å². The predicted molar refractivity (Wildman–Crippen MR) is 75.6 cm³/mol. The van der Waals surface area contributed by atoms with Crippen LogP contribution >= 0.6 is 23.6 Å². The van der Waals surface area contributed by atoms with Crippen LogP contribution in [0.3, 0.4) is 0 Å². The van der Waals surface area contributed by atoms with Crippen molar-refractivity contribution in [2.75, 3.05) is 6.61 Å². The van der Waals surface area contributed by atoms with Crippen molar-refractivity contribution in [1.82, 2.24) is 4.98 Å². The fourth-order valence-electron chi connectivity index (χ4n) is 1.69. The first-order chi connectivity index (χ1) is 8.63. The van der Waals surface area contributed by atoms with Crippen LogP contribution in [0.1, 0.15) is 23.0 Å². The minimum atomic E-state index is -0.358. The molecule has 0 aliphatic heterocycles. The van der Waals surface area contributed by atoms with Crippen LogP contribution in [-0.4, -0.2) is 17.6 Å². The van der Waals surface area contributed by atoms with Crippen LogP contribution in [0.2, 0.25) is 0 Å². The topological polar surface area (TPSA) is 42.1 Å². The number of carbonyl (C=O) groups excluding carboxylic acids is 1. The van der Waals surface area contributed by atoms with Crippen molar-refractivity contribution in [3.63, 3.8) is 0 Å². The first-order valence-corrected chi connectivity index (χ1v) is 6.82. The van der Waals surface area contributed by atoms with Gasteiger partial charge in [-0.3, -0.25) is 0 Å². The summed E-state index contributed by atoms with van der Waals surface area (Å²) in [5.41, 5.74) is 2.56. The van der Waals surface area contributed by atoms with Gasteiger partial charge in [0.2, 0.25) is 0 Å². The summed E-state index contributed by atoms with van der Waals surface area (Å²) in [6, 6.07) is 7.90. The zero-order chi connectivity index (χ0) is 13.1. The van der Waals surface area contributed by atoms with Gasteiger partial charge in [0.25, 0.3) is 0 Å². The summed E-state index contributed by atoms with van der Waals surface area (Å²) in [5, 5.41) is 0. The maximum atomic E-state index is 11.9. The smallest absolute Gasteiger partial charge is 0.356 e. The Morgan fingerprint density at radius 2 is 2.17 bits per heavy atom. The molecule has 1 aromatic carbocycles. The maximum Gasteiger partial charge on any atom is 0.356 e. The number of hydrogen-bond donors (Lipinski definition) is 1. The quantitative estimate of drug-likeness (QED) is 0.683. The second-order valence-corrected chi connectivity index (χ2v) is 5.44. The highest BCUT2D eigenvalue weighted by Crippen LogP contribution is 2.31. The van der Waals surface area contributed by atoms with E-state index in [4.69, 9.17) is 17.0 Å². The molecule has 1 heterocycles. The lowest BCUT2D eigenvalue weighted by molar-refractivity contribution is 0.0521. The molecule has 1 N–H and O–H groups in total. The Hall–Kier alpha value is -1.46. The van der Waals surface area contributed by atoms with E-state index in [0.29, 0.717) is 16.3 Å². The number of thiazole rings is 1. The van der Waals surface area contributed by atoms with Gasteiger partial charge in [-0.15, -0.1) is 11.3 Å². The Labute approximate surface area is 114 Å². The molecule has 1 aromatic heterocycles. The van der Waals surface area contributed by atoms with Crippen molar-refractivity contribution in [3.8, 4) is 10.4 Å². The number of aromatic amines is 1. The molecule has 0 amide bonds. The third kappa shape index (κ3) is 2.52. The first kappa shape index (κ1) is 13.0. The van der Waals surface area contributed by atoms with Crippen LogP contribution in [0, 0.1) is 10.9 Å². The lowest BCUT2D eigenvalue weighted by Gasteiger charge is -2.05. The number of aryl methyl sites for hydroxylation is 1. The molecule has 0 unspecified atom stereocenters. The summed E-state index contributed by atoms with van der Waals surface area (Å²) in [6.45, 7) is 4.14. The fourth-order valence-corrected chi connectivity index (χ4v) is 2.96. The molecule has 0 bridgehead atoms. The summed E-state index contributed by atoms with van der Waals surface area (Å²) >= 11 is 6.52. The van der Waals surface area contributed by atoms with Gasteiger partial charge in [0, 0.05) is 0 Å². The number of H-pyrrole nitrogens is 1. The van der Waals surface area contributed by atoms with Crippen LogP contribution < -0.4 is 0 Å². The van der Waals surface area contributed by atoms with E-state index < -0.39 is 0 Å². The largest absolute Gasteiger partial charge is 0.461 e. The number of nitrogens with one attached hydrogen (secondary N) is 1. The van der Waals surface area contributed by atoms with Crippen LogP contribution in [-0.2, 0) is 4.74 Å². The molecule has 0 atom stereocenters. The lowest BCUT2D eigenvalue weighted by atomic mass is 10.1. The lowest BCUT2D eigenvalue weighted by Crippen LogP contribution is -2.06. The van der Waals surface area contributed by atoms with Gasteiger partial charge < -0.3 is 9.72 Å². The van der Waals surface area contributed by atoms with Crippen LogP contribution in [0.15, 0.2) is 24.3 Å². The van der Waals surface area contributed by atoms with Crippen LogP contribution in [0.25, 0.3) is 10.4 Å². The number of benzene rings is 1. The Morgan fingerprint density at radius 3 is 2.83 bits per heavy atom. The van der Waals surface area contributed by atoms with Crippen molar-refractivity contribution in [1.29, 1.82) is 0 Å². The molecular weight excluding hydrogens is 266 g/mol. The Bertz CT molecular complexity index is 628. The third-order valence-electron chi connectivity index (χ3n) is 2.52. The molecule has 0 aliphatic carbocycles. The summed E-state index contributed by atoms with van der Waals surface area (Å²) in [4.78, 5) is 15.6. The Balaban J connectivity index is 2.55. The van der Waals surface area contributed by atoms with Gasteiger partial charge in [-0.25, -0.2) is 4.79 Å². The number of hydrogen-bond acceptors (Lipinski definition) is 4. The first-order valence-electron chi connectivity index (χ1n) is 5.59. The van der Waals surface area contributed by atoms with Gasteiger partial charge in [-0.05, 0) is 37.2 Å². The zero-order valence-electron chi connectivity index (χ0n) is 10.1. The number of ether oxygens (including phenoxy) is 1. The summed E-state index contributed by atoms with van der Waals surface area (Å²) in [5.74, 6) is -0.358. The number of aromatic nitrogens is 1. The van der Waals surface area contributed by atoms with Gasteiger partial charge in [-0.2, -0.15) is 0 Å². The second-order valence-electron chi connectivity index (χ2n) is 3.75. The second kappa shape index (κ2) is 5.46. The molecule has 2 aromatic rings. The molecule has 0 saturated heterocycles. The van der Waals surface area contributed by atoms with Gasteiger partial charge in [0.1, 0.15) is 5.69 Å². The molecule has 3 nitrogen and oxygen atoms in total. The molecule has 0 spiro atoms. The van der Waals surface area contributed by atoms with E-state index in [1.54, 1.807) is 6.92 Å². The van der Waals surface area contributed by atoms with Crippen molar-refractivity contribution in [2.24, 2.45) is 0 Å². The monoisotopic (exact) mass is 279 g/mol. The normalized spacial score (nSPS) is 10.3. The third-order valence-corrected chi connectivity index (χ3v) is 3.79. The van der Waals surface area contributed by atoms with Gasteiger partial charge in [0.05, 0.1) is 11.5 Å². The molecule has 5 heteroatoms. The summed E-state index contributed by atoms with van der Waals surface area (Å²) < 4.78 is 5.61. The Kier molecular flexibility index (Phi) is 3.93. The van der Waals surface area contributed by atoms with E-state index in [0.717, 1.165) is 16.0 Å². The van der Waals surface area contributed by atoms with E-state index in [2.05, 4.69) is 4.98 Å². The molecule has 94 valence electrons. The van der Waals surface area contributed by atoms with Crippen molar-refractivity contribution < 1.29 is 9.53 Å². The minimum Gasteiger partial charge on any atom is -0.461 e. The van der Waals surface area contributed by atoms with Gasteiger partial charge >= 0.3 is 5.97 Å². The van der Waals surface area contributed by atoms with Gasteiger partial charge in [-0.1, -0.05) is 24.3 Å². The molecule has 0 saturated carbocycles. The summed E-state index contributed by atoms with van der Waals surface area (Å²) in [7, 11) is 0. The van der Waals surface area contributed by atoms with E-state index >= 15 is 0 Å². The van der Waals surface area contributed by atoms with Crippen LogP contribution in [0.4, 0.5) is 0 Å². The number of esters is 1. The fraction of sp³-hybridized carbons (Fsp3) is 0.231. The molecular formula is C13H13NO2S2. The average Bonchev–Trinajstić information content (AvgIpc) is 2.72. The van der Waals surface area contributed by atoms with Crippen LogP contribution in [0.5, 0.6) is 0 Å². The van der Waals surface area contributed by atoms with E-state index in [9.17, 15) is 4.79 Å². The molecule has 0 fully saturated rings. The van der Waals surface area contributed by atoms with E-state index in [1.165, 1.54) is 11.3 Å². The average molecular weight is 279 g/mol. The standard InChI is InChI=1S/C13H13NO2S2/c1-3-16-12(15)10-11(18-13(17)14-10)9-7-5-4-6-8(9)2/h4-7H,3H2,1-2H3,(H,14,17). The number of rotatable bonds is 3. The number of carbonyl (C=O) groups is 1. The predicted octanol–water partition coefficient (Wildman–Crippen LogP) is 3.96. The highest BCUT2D eigenvalue weighted by atomic mass is 32.1. The summed E-state index contributed by atoms with van der Waals surface area (Å²) in [6.07, 6.45) is 0. The van der Waals surface area contributed by atoms with Gasteiger partial charge in [0.15, 0.2) is 3.95 Å². The SMILES string of the molecule is CCOC(=O)c1[nH]c(=S)sc1-c1ccccc1C. The maximum absolute atomic E-state index is 11.9. The minimum absolute atomic E-state index is 0.350. The Morgan fingerprint density at radius 1 is 1.44 bits per heavy atom. The van der Waals surface area contributed by atoms with Crippen molar-refractivity contribution in [3.05, 3.63) is 39.5 Å². The highest BCUT2D eigenvalue weighted by molar-refractivity contribution is 7.73. The van der Waals surface area contributed by atoms with E-state index in [1.807, 2.05) is 31.2 Å². The van der Waals surface area contributed by atoms with Crippen molar-refractivity contribution in [2.45, 2.75) is 13.8 Å². The molecule has 0 aliphatic rings. The van der Waals surface area contributed by atoms with E-state index in [-0.39, 0.29) is 5.97 Å². The molecule has 0 radical (unpaired) electrons.